The van der Waals surface area contributed by atoms with Crippen LogP contribution in [0.25, 0.3) is 0 Å². The van der Waals surface area contributed by atoms with Crippen molar-refractivity contribution in [3.8, 4) is 0 Å². The van der Waals surface area contributed by atoms with Crippen molar-refractivity contribution in [1.29, 1.82) is 0 Å². The summed E-state index contributed by atoms with van der Waals surface area (Å²) in [6, 6.07) is 2.65. The van der Waals surface area contributed by atoms with Crippen LogP contribution in [-0.2, 0) is 62.2 Å². The van der Waals surface area contributed by atoms with E-state index in [2.05, 4.69) is 74.8 Å². The number of nitrogens with one attached hydrogen (secondary N) is 1. The summed E-state index contributed by atoms with van der Waals surface area (Å²) in [6.45, 7) is 5.86. The van der Waals surface area contributed by atoms with E-state index in [1.54, 1.807) is 18.2 Å². The summed E-state index contributed by atoms with van der Waals surface area (Å²) in [7, 11) is 12.6. The van der Waals surface area contributed by atoms with E-state index >= 15 is 0 Å². The molecular formula is C43H76BBrClLiN4NaO16. The van der Waals surface area contributed by atoms with E-state index in [1.807, 2.05) is 13.1 Å². The van der Waals surface area contributed by atoms with Crippen LogP contribution in [0.3, 0.4) is 0 Å². The third-order valence-corrected chi connectivity index (χ3v) is 9.49. The molecule has 0 saturated heterocycles. The number of allylic oxidation sites excluding steroid dienone is 1. The van der Waals surface area contributed by atoms with Crippen molar-refractivity contribution in [3.05, 3.63) is 48.6 Å². The summed E-state index contributed by atoms with van der Waals surface area (Å²) < 4.78 is 16.8. The van der Waals surface area contributed by atoms with Crippen LogP contribution < -0.4 is 59.5 Å². The number of carboxylic acid groups (broad SMARTS) is 1. The van der Waals surface area contributed by atoms with Crippen molar-refractivity contribution in [1.82, 2.24) is 15.1 Å². The number of hydrogen-bond acceptors (Lipinski definition) is 18. The van der Waals surface area contributed by atoms with Crippen molar-refractivity contribution in [2.45, 2.75) is 122 Å². The second kappa shape index (κ2) is 57.0. The molecule has 3 radical (unpaired) electrons. The Morgan fingerprint density at radius 1 is 0.662 bits per heavy atom. The number of ether oxygens (including phenoxy) is 3. The summed E-state index contributed by atoms with van der Waals surface area (Å²) in [5.74, 6) is -3.49. The van der Waals surface area contributed by atoms with E-state index in [4.69, 9.17) is 10.8 Å². The molecule has 4 saturated carbocycles. The molecule has 4 aliphatic rings. The van der Waals surface area contributed by atoms with Gasteiger partial charge in [0, 0.05) is 94.2 Å². The van der Waals surface area contributed by atoms with E-state index < -0.39 is 23.9 Å². The van der Waals surface area contributed by atoms with Crippen LogP contribution in [-0.4, -0.2) is 160 Å². The van der Waals surface area contributed by atoms with Gasteiger partial charge in [0.25, 0.3) is 0 Å². The number of alkyl halides is 1. The Bertz CT molecular complexity index is 1410. The standard InChI is InChI=1S/C10H17NO2.2C9H15NO2.C5H7BrO2.C4H9N.C4H6O4.C2H3BO2.ClH.Li.Na.2H2O/c1-11(9-5-3-6-9)8-4-7-10(12)13-2;1-12-9(11)6-3-7-10-8-4-2-5-8;1-10(8-4-2-5-8)7-3-6-9(11)12;1-8-5(7)3-2-4-6;5-4-2-1-3-4;1-3(5)7-8-4(2)6;1-2(4)5-3;;;;;/h4,7,9H,3,5-6,8H2,1-2H3;3,6,8,10H,2,4-5,7H2,1H3;3,6,8H,2,4-5,7H2,1H3,(H,11,12);2-3H,4H2,1H3;4H,1-3,5H2;1-2H3;1H3;1H;;;2*1H2/q;;;;;;-1;;2*+1;;/p-1/b7-4+;2*6-3+;3-2+;;;;;;;;. The zero-order valence-corrected chi connectivity index (χ0v) is 46.2. The summed E-state index contributed by atoms with van der Waals surface area (Å²) in [6.07, 6.45) is 28.1. The molecule has 20 nitrogen and oxygen atoms in total. The van der Waals surface area contributed by atoms with Crippen molar-refractivity contribution in [2.24, 2.45) is 5.73 Å². The number of esters is 3. The van der Waals surface area contributed by atoms with Crippen molar-refractivity contribution >= 4 is 78.2 Å². The number of aliphatic carboxylic acids is 1. The summed E-state index contributed by atoms with van der Waals surface area (Å²) in [5, 5.41) is 12.3. The fraction of sp³-hybridized carbons (Fsp3) is 0.651. The molecule has 0 bridgehead atoms. The van der Waals surface area contributed by atoms with Crippen LogP contribution in [0.1, 0.15) is 97.8 Å². The van der Waals surface area contributed by atoms with Gasteiger partial charge in [0.05, 0.1) is 21.3 Å². The fourth-order valence-corrected chi connectivity index (χ4v) is 4.68. The van der Waals surface area contributed by atoms with Crippen molar-refractivity contribution in [3.63, 3.8) is 0 Å². The maximum Gasteiger partial charge on any atom is 1.00 e. The number of methoxy groups -OCH3 is 3. The first-order chi connectivity index (χ1) is 29.9. The molecular weight excluding hydrogens is 985 g/mol. The maximum atomic E-state index is 10.7. The molecule has 0 aromatic rings. The van der Waals surface area contributed by atoms with E-state index in [-0.39, 0.29) is 89.7 Å². The van der Waals surface area contributed by atoms with Gasteiger partial charge in [-0.05, 0) is 65.5 Å². The van der Waals surface area contributed by atoms with Gasteiger partial charge in [0.2, 0.25) is 5.97 Å². The molecule has 0 aromatic carbocycles. The third kappa shape index (κ3) is 57.8. The second-order valence-electron chi connectivity index (χ2n) is 14.2. The summed E-state index contributed by atoms with van der Waals surface area (Å²) in [5.41, 5.74) is 5.38. The quantitative estimate of drug-likeness (QED) is 0.0318. The molecule has 68 heavy (non-hydrogen) atoms. The minimum absolute atomic E-state index is 0. The number of nitrogens with zero attached hydrogens (tertiary/aromatic N) is 2. The Kier molecular flexibility index (Phi) is 69.1. The number of carbonyl (C=O) groups excluding carboxylic acids is 6. The van der Waals surface area contributed by atoms with Gasteiger partial charge in [-0.3, -0.25) is 14.6 Å². The average molecular weight is 1060 g/mol. The van der Waals surface area contributed by atoms with Gasteiger partial charge in [-0.15, -0.1) is 12.4 Å². The number of likely N-dealkylation sites (N-methyl/N-ethyl adjacent to an activating group) is 2. The van der Waals surface area contributed by atoms with Crippen LogP contribution in [0.2, 0.25) is 0 Å². The van der Waals surface area contributed by atoms with Gasteiger partial charge in [0.1, 0.15) is 0 Å². The van der Waals surface area contributed by atoms with Gasteiger partial charge in [-0.25, -0.2) is 38.5 Å². The van der Waals surface area contributed by atoms with E-state index in [0.717, 1.165) is 39.5 Å². The molecule has 4 rings (SSSR count). The topological polar surface area (TPSA) is 301 Å². The minimum Gasteiger partial charge on any atom is -0.870 e. The van der Waals surface area contributed by atoms with Gasteiger partial charge < -0.3 is 54.0 Å². The summed E-state index contributed by atoms with van der Waals surface area (Å²) >= 11 is 3.11. The van der Waals surface area contributed by atoms with Crippen LogP contribution in [0, 0.1) is 0 Å². The Labute approximate surface area is 453 Å². The first kappa shape index (κ1) is 82.4. The SMILES string of the molecule is CC(=O)OOC(C)=O.CN(C/C=C/C(=O)O)C1CCC1.COC(=O)/C=C/CBr.COC(=O)/C=C/CN(C)C1CCC1.COC(=O)/C=C/CNC1CCC1.Cl.NC1CCC1.O.[B-]OC(C)=O.[Li+].[Na+].[OH-]. The van der Waals surface area contributed by atoms with Crippen molar-refractivity contribution in [2.75, 3.05) is 60.4 Å². The molecule has 0 spiro atoms. The Hall–Kier alpha value is -2.56. The number of nitrogens with two attached hydrogens (primary N) is 1. The zero-order valence-electron chi connectivity index (χ0n) is 41.8. The molecule has 0 heterocycles. The Balaban J connectivity index is -0.000000104. The molecule has 7 N–H and O–H groups in total. The predicted octanol–water partition coefficient (Wildman–Crippen LogP) is -2.13. The van der Waals surface area contributed by atoms with Crippen LogP contribution in [0.15, 0.2) is 48.6 Å². The number of halogens is 2. The molecule has 0 aromatic heterocycles. The molecule has 0 unspecified atom stereocenters. The van der Waals surface area contributed by atoms with Gasteiger partial charge in [0.15, 0.2) is 0 Å². The monoisotopic (exact) mass is 1060 g/mol. The molecule has 0 amide bonds. The predicted molar refractivity (Wildman–Crippen MR) is 256 cm³/mol. The van der Waals surface area contributed by atoms with E-state index in [1.165, 1.54) is 130 Å². The van der Waals surface area contributed by atoms with E-state index in [0.29, 0.717) is 23.5 Å². The van der Waals surface area contributed by atoms with E-state index in [9.17, 15) is 33.6 Å². The zero-order chi connectivity index (χ0) is 48.4. The normalized spacial score (nSPS) is 14.2. The van der Waals surface area contributed by atoms with Gasteiger partial charge in [-0.2, -0.15) is 0 Å². The molecule has 0 aliphatic heterocycles. The van der Waals surface area contributed by atoms with Crippen molar-refractivity contribution < 1.29 is 127 Å². The van der Waals surface area contributed by atoms with Crippen LogP contribution >= 0.6 is 28.3 Å². The maximum absolute atomic E-state index is 10.7. The molecule has 0 atom stereocenters. The number of carboxylic acids is 1. The average Bonchev–Trinajstić information content (AvgIpc) is 3.17. The first-order valence-electron chi connectivity index (χ1n) is 20.7. The smallest absolute Gasteiger partial charge is 0.870 e. The largest absolute Gasteiger partial charge is 1.00 e. The fourth-order valence-electron chi connectivity index (χ4n) is 4.49. The third-order valence-electron chi connectivity index (χ3n) is 9.12. The molecule has 383 valence electrons. The number of rotatable bonds is 14. The Morgan fingerprint density at radius 3 is 1.22 bits per heavy atom. The first-order valence-corrected chi connectivity index (χ1v) is 21.8. The summed E-state index contributed by atoms with van der Waals surface area (Å²) in [4.78, 5) is 82.9. The molecule has 4 fully saturated rings. The Morgan fingerprint density at radius 2 is 0.985 bits per heavy atom. The van der Waals surface area contributed by atoms with Gasteiger partial charge >= 0.3 is 84.2 Å². The van der Waals surface area contributed by atoms with Gasteiger partial charge in [-0.1, -0.05) is 65.9 Å². The van der Waals surface area contributed by atoms with Crippen LogP contribution in [0.4, 0.5) is 0 Å². The second-order valence-corrected chi connectivity index (χ2v) is 14.9. The number of hydrogen-bond donors (Lipinski definition) is 3. The minimum atomic E-state index is -0.864. The molecule has 25 heteroatoms. The van der Waals surface area contributed by atoms with Crippen LogP contribution in [0.5, 0.6) is 0 Å². The number of carbonyl (C=O) groups is 7. The molecule has 4 aliphatic carbocycles.